The lowest BCUT2D eigenvalue weighted by molar-refractivity contribution is 0.429. The topological polar surface area (TPSA) is 21.3 Å². The summed E-state index contributed by atoms with van der Waals surface area (Å²) in [5.74, 6) is 0. The molecule has 0 aromatic rings. The summed E-state index contributed by atoms with van der Waals surface area (Å²) in [6.45, 7) is 3.37. The molecule has 84 valence electrons. The van der Waals surface area contributed by atoms with Crippen LogP contribution in [0.4, 0.5) is 0 Å². The number of hydrogen-bond acceptors (Lipinski definition) is 2. The molecular formula is C11H26BNO. The first-order chi connectivity index (χ1) is 6.91. The van der Waals surface area contributed by atoms with E-state index in [1.54, 1.807) is 7.11 Å². The summed E-state index contributed by atoms with van der Waals surface area (Å²) in [6, 6.07) is 0. The van der Waals surface area contributed by atoms with E-state index in [-0.39, 0.29) is 0 Å². The van der Waals surface area contributed by atoms with Crippen LogP contribution in [-0.2, 0) is 4.65 Å². The van der Waals surface area contributed by atoms with Crippen LogP contribution >= 0.6 is 0 Å². The van der Waals surface area contributed by atoms with Gasteiger partial charge in [-0.1, -0.05) is 51.9 Å². The molecule has 0 saturated carbocycles. The molecule has 0 amide bonds. The number of hydrogen-bond donors (Lipinski definition) is 1. The quantitative estimate of drug-likeness (QED) is 0.408. The Morgan fingerprint density at radius 3 is 2.07 bits per heavy atom. The van der Waals surface area contributed by atoms with Gasteiger partial charge in [-0.05, 0) is 13.0 Å². The fourth-order valence-corrected chi connectivity index (χ4v) is 1.56. The lowest BCUT2D eigenvalue weighted by Crippen LogP contribution is -2.21. The maximum absolute atomic E-state index is 4.90. The summed E-state index contributed by atoms with van der Waals surface area (Å²) in [4.78, 5) is 0. The highest BCUT2D eigenvalue weighted by Crippen LogP contribution is 2.07. The Balaban J connectivity index is 2.78. The van der Waals surface area contributed by atoms with E-state index in [4.69, 9.17) is 4.65 Å². The number of rotatable bonds is 11. The Hall–Kier alpha value is -0.0151. The number of unbranched alkanes of at least 4 members (excludes halogenated alkanes) is 7. The van der Waals surface area contributed by atoms with Crippen molar-refractivity contribution in [1.82, 2.24) is 5.23 Å². The summed E-state index contributed by atoms with van der Waals surface area (Å²) in [5.41, 5.74) is 0. The molecule has 0 aliphatic heterocycles. The molecule has 0 rings (SSSR count). The van der Waals surface area contributed by atoms with E-state index < -0.39 is 0 Å². The predicted molar refractivity (Wildman–Crippen MR) is 64.8 cm³/mol. The van der Waals surface area contributed by atoms with Gasteiger partial charge in [0, 0.05) is 7.11 Å². The van der Waals surface area contributed by atoms with Gasteiger partial charge >= 0.3 is 7.62 Å². The molecule has 0 aromatic carbocycles. The maximum atomic E-state index is 4.90. The second kappa shape index (κ2) is 13.0. The van der Waals surface area contributed by atoms with Crippen molar-refractivity contribution < 1.29 is 4.65 Å². The van der Waals surface area contributed by atoms with Crippen molar-refractivity contribution in [3.8, 4) is 0 Å². The molecule has 0 fully saturated rings. The summed E-state index contributed by atoms with van der Waals surface area (Å²) >= 11 is 0. The molecule has 1 N–H and O–H groups in total. The van der Waals surface area contributed by atoms with Crippen molar-refractivity contribution in [2.75, 3.05) is 13.7 Å². The standard InChI is InChI=1S/C11H26BNO/c1-3-4-5-6-7-8-9-10-11-13-12-14-2/h12-13H,3-11H2,1-2H3. The zero-order valence-electron chi connectivity index (χ0n) is 9.98. The van der Waals surface area contributed by atoms with E-state index in [0.717, 1.165) is 6.54 Å². The molecule has 0 aliphatic carbocycles. The molecule has 2 nitrogen and oxygen atoms in total. The summed E-state index contributed by atoms with van der Waals surface area (Å²) in [5, 5.41) is 3.22. The second-order valence-electron chi connectivity index (χ2n) is 3.91. The minimum absolute atomic E-state index is 0.691. The van der Waals surface area contributed by atoms with Crippen LogP contribution in [-0.4, -0.2) is 21.3 Å². The minimum atomic E-state index is 0.691. The largest absolute Gasteiger partial charge is 0.427 e. The van der Waals surface area contributed by atoms with Crippen LogP contribution < -0.4 is 5.23 Å². The van der Waals surface area contributed by atoms with Crippen LogP contribution in [0.15, 0.2) is 0 Å². The average molecular weight is 199 g/mol. The van der Waals surface area contributed by atoms with Gasteiger partial charge in [0.2, 0.25) is 0 Å². The van der Waals surface area contributed by atoms with Crippen LogP contribution in [0.25, 0.3) is 0 Å². The van der Waals surface area contributed by atoms with E-state index >= 15 is 0 Å². The molecule has 0 heterocycles. The Morgan fingerprint density at radius 1 is 0.929 bits per heavy atom. The lowest BCUT2D eigenvalue weighted by Gasteiger charge is -2.02. The summed E-state index contributed by atoms with van der Waals surface area (Å²) < 4.78 is 4.90. The van der Waals surface area contributed by atoms with Crippen molar-refractivity contribution in [3.63, 3.8) is 0 Å². The third-order valence-corrected chi connectivity index (χ3v) is 2.45. The zero-order valence-corrected chi connectivity index (χ0v) is 9.98. The zero-order chi connectivity index (χ0) is 10.5. The second-order valence-corrected chi connectivity index (χ2v) is 3.91. The van der Waals surface area contributed by atoms with Gasteiger partial charge in [0.05, 0.1) is 0 Å². The highest BCUT2D eigenvalue weighted by Gasteiger charge is 1.91. The molecule has 0 spiro atoms. The molecule has 0 aliphatic rings. The van der Waals surface area contributed by atoms with Crippen LogP contribution in [0.2, 0.25) is 0 Å². The van der Waals surface area contributed by atoms with Gasteiger partial charge in [-0.3, -0.25) is 0 Å². The van der Waals surface area contributed by atoms with Crippen LogP contribution in [0.5, 0.6) is 0 Å². The van der Waals surface area contributed by atoms with Crippen LogP contribution in [0.3, 0.4) is 0 Å². The lowest BCUT2D eigenvalue weighted by atomic mass is 10.1. The Labute approximate surface area is 90.1 Å². The van der Waals surface area contributed by atoms with Crippen LogP contribution in [0, 0.1) is 0 Å². The van der Waals surface area contributed by atoms with Gasteiger partial charge in [-0.15, -0.1) is 0 Å². The SMILES string of the molecule is CCCCCCCCCCNBOC. The first-order valence-corrected chi connectivity index (χ1v) is 6.11. The van der Waals surface area contributed by atoms with Crippen molar-refractivity contribution >= 4 is 7.62 Å². The van der Waals surface area contributed by atoms with E-state index in [1.165, 1.54) is 51.4 Å². The number of nitrogens with one attached hydrogen (secondary N) is 1. The van der Waals surface area contributed by atoms with Crippen molar-refractivity contribution in [3.05, 3.63) is 0 Å². The van der Waals surface area contributed by atoms with E-state index in [9.17, 15) is 0 Å². The first kappa shape index (κ1) is 14.0. The fourth-order valence-electron chi connectivity index (χ4n) is 1.56. The molecule has 0 radical (unpaired) electrons. The smallest absolute Gasteiger partial charge is 0.360 e. The first-order valence-electron chi connectivity index (χ1n) is 6.11. The monoisotopic (exact) mass is 199 g/mol. The third kappa shape index (κ3) is 12.0. The van der Waals surface area contributed by atoms with E-state index in [2.05, 4.69) is 12.2 Å². The normalized spacial score (nSPS) is 10.4. The van der Waals surface area contributed by atoms with E-state index in [1.807, 2.05) is 0 Å². The van der Waals surface area contributed by atoms with Crippen LogP contribution in [0.1, 0.15) is 58.3 Å². The van der Waals surface area contributed by atoms with Crippen molar-refractivity contribution in [2.45, 2.75) is 58.3 Å². The Bertz CT molecular complexity index is 89.3. The Kier molecular flexibility index (Phi) is 13.0. The predicted octanol–water partition coefficient (Wildman–Crippen LogP) is 2.63. The van der Waals surface area contributed by atoms with Gasteiger partial charge in [-0.2, -0.15) is 0 Å². The fraction of sp³-hybridized carbons (Fsp3) is 1.00. The van der Waals surface area contributed by atoms with Gasteiger partial charge in [0.15, 0.2) is 0 Å². The van der Waals surface area contributed by atoms with Crippen molar-refractivity contribution in [2.24, 2.45) is 0 Å². The molecule has 0 aromatic heterocycles. The molecular weight excluding hydrogens is 173 g/mol. The van der Waals surface area contributed by atoms with Gasteiger partial charge in [0.1, 0.15) is 0 Å². The van der Waals surface area contributed by atoms with Gasteiger partial charge in [-0.25, -0.2) is 0 Å². The molecule has 0 unspecified atom stereocenters. The molecule has 0 atom stereocenters. The van der Waals surface area contributed by atoms with E-state index in [0.29, 0.717) is 7.62 Å². The molecule has 0 saturated heterocycles. The average Bonchev–Trinajstić information content (AvgIpc) is 2.21. The summed E-state index contributed by atoms with van der Waals surface area (Å²) in [7, 11) is 2.41. The van der Waals surface area contributed by atoms with Crippen molar-refractivity contribution in [1.29, 1.82) is 0 Å². The highest BCUT2D eigenvalue weighted by atomic mass is 16.4. The van der Waals surface area contributed by atoms with Gasteiger partial charge in [0.25, 0.3) is 0 Å². The summed E-state index contributed by atoms with van der Waals surface area (Å²) in [6.07, 6.45) is 11.1. The highest BCUT2D eigenvalue weighted by molar-refractivity contribution is 6.23. The van der Waals surface area contributed by atoms with Gasteiger partial charge < -0.3 is 9.88 Å². The molecule has 14 heavy (non-hydrogen) atoms. The minimum Gasteiger partial charge on any atom is -0.427 e. The Morgan fingerprint density at radius 2 is 1.50 bits per heavy atom. The molecule has 0 bridgehead atoms. The maximum Gasteiger partial charge on any atom is 0.360 e. The third-order valence-electron chi connectivity index (χ3n) is 2.45. The molecule has 3 heteroatoms.